The number of hydrogen-bond donors (Lipinski definition) is 0. The van der Waals surface area contributed by atoms with Gasteiger partial charge >= 0.3 is 0 Å². The highest BCUT2D eigenvalue weighted by Crippen LogP contribution is 2.44. The molecule has 3 heterocycles. The van der Waals surface area contributed by atoms with E-state index in [1.807, 2.05) is 30.3 Å². The molecule has 0 saturated carbocycles. The first-order valence-electron chi connectivity index (χ1n) is 19.9. The zero-order chi connectivity index (χ0) is 39.9. The van der Waals surface area contributed by atoms with Crippen LogP contribution >= 0.6 is 11.3 Å². The maximum atomic E-state index is 11.1. The van der Waals surface area contributed by atoms with Gasteiger partial charge in [0.2, 0.25) is 0 Å². The highest BCUT2D eigenvalue weighted by molar-refractivity contribution is 7.25. The van der Waals surface area contributed by atoms with E-state index in [-0.39, 0.29) is 0 Å². The Morgan fingerprint density at radius 1 is 0.383 bits per heavy atom. The van der Waals surface area contributed by atoms with Crippen molar-refractivity contribution in [3.63, 3.8) is 0 Å². The first-order chi connectivity index (χ1) is 29.7. The van der Waals surface area contributed by atoms with Crippen molar-refractivity contribution in [3.8, 4) is 23.5 Å². The highest BCUT2D eigenvalue weighted by atomic mass is 32.1. The molecule has 0 atom stereocenters. The lowest BCUT2D eigenvalue weighted by molar-refractivity contribution is 1.12. The van der Waals surface area contributed by atoms with Gasteiger partial charge in [0.05, 0.1) is 44.6 Å². The standard InChI is InChI=1S/C54H31N5S/c55-32-35-28-50(59-46-21-11-9-19-41(46)43-31-53-44(30-51(43)59)42-20-10-12-22-52(42)60-53)36(33-56)27-49(35)58-47-26-24-39(57(37-14-3-1-4-15-37)38-16-5-2-6-17-38)29-45(47)54-40-18-8-7-13-34(40)23-25-48(54)58/h1-31H. The Bertz CT molecular complexity index is 3760. The van der Waals surface area contributed by atoms with Gasteiger partial charge in [-0.25, -0.2) is 0 Å². The Hall–Kier alpha value is -8.16. The van der Waals surface area contributed by atoms with Crippen LogP contribution < -0.4 is 4.90 Å². The van der Waals surface area contributed by atoms with Crippen molar-refractivity contribution in [2.45, 2.75) is 0 Å². The predicted molar refractivity (Wildman–Crippen MR) is 250 cm³/mol. The molecular formula is C54H31N5S. The van der Waals surface area contributed by atoms with Crippen LogP contribution in [0, 0.1) is 22.7 Å². The van der Waals surface area contributed by atoms with E-state index in [9.17, 15) is 10.5 Å². The van der Waals surface area contributed by atoms with Crippen molar-refractivity contribution in [3.05, 3.63) is 199 Å². The molecule has 12 aromatic rings. The second kappa shape index (κ2) is 13.2. The van der Waals surface area contributed by atoms with E-state index in [0.29, 0.717) is 22.5 Å². The molecule has 60 heavy (non-hydrogen) atoms. The van der Waals surface area contributed by atoms with Gasteiger partial charge in [-0.05, 0) is 95.7 Å². The number of benzene rings is 9. The lowest BCUT2D eigenvalue weighted by Crippen LogP contribution is -2.09. The molecule has 0 bridgehead atoms. The first-order valence-corrected chi connectivity index (χ1v) is 20.7. The van der Waals surface area contributed by atoms with E-state index in [4.69, 9.17) is 0 Å². The average molecular weight is 782 g/mol. The van der Waals surface area contributed by atoms with Gasteiger partial charge in [-0.15, -0.1) is 11.3 Å². The van der Waals surface area contributed by atoms with Crippen LogP contribution in [0.1, 0.15) is 11.1 Å². The third kappa shape index (κ3) is 4.96. The number of fused-ring (bicyclic) bond motifs is 11. The van der Waals surface area contributed by atoms with Gasteiger partial charge in [0, 0.05) is 58.8 Å². The summed E-state index contributed by atoms with van der Waals surface area (Å²) in [7, 11) is 0. The van der Waals surface area contributed by atoms with Gasteiger partial charge in [0.25, 0.3) is 0 Å². The molecule has 9 aromatic carbocycles. The number of anilines is 3. The molecule has 0 radical (unpaired) electrons. The van der Waals surface area contributed by atoms with Crippen molar-refractivity contribution < 1.29 is 0 Å². The molecule has 0 N–H and O–H groups in total. The quantitative estimate of drug-likeness (QED) is 0.175. The second-order valence-corrected chi connectivity index (χ2v) is 16.2. The predicted octanol–water partition coefficient (Wildman–Crippen LogP) is 14.6. The summed E-state index contributed by atoms with van der Waals surface area (Å²) in [5, 5.41) is 31.1. The minimum atomic E-state index is 0.475. The Labute approximate surface area is 348 Å². The van der Waals surface area contributed by atoms with Gasteiger partial charge in [0.15, 0.2) is 0 Å². The zero-order valence-electron chi connectivity index (χ0n) is 32.0. The second-order valence-electron chi connectivity index (χ2n) is 15.2. The first kappa shape index (κ1) is 33.9. The van der Waals surface area contributed by atoms with E-state index in [2.05, 4.69) is 184 Å². The average Bonchev–Trinajstić information content (AvgIpc) is 3.95. The fraction of sp³-hybridized carbons (Fsp3) is 0. The van der Waals surface area contributed by atoms with Crippen LogP contribution in [0.15, 0.2) is 188 Å². The molecule has 0 unspecified atom stereocenters. The summed E-state index contributed by atoms with van der Waals surface area (Å²) in [6.45, 7) is 0. The Morgan fingerprint density at radius 3 is 1.68 bits per heavy atom. The largest absolute Gasteiger partial charge is 0.310 e. The maximum Gasteiger partial charge on any atom is 0.101 e. The fourth-order valence-electron chi connectivity index (χ4n) is 9.35. The molecule has 0 aliphatic rings. The number of hydrogen-bond acceptors (Lipinski definition) is 4. The summed E-state index contributed by atoms with van der Waals surface area (Å²) in [4.78, 5) is 2.27. The smallest absolute Gasteiger partial charge is 0.101 e. The molecule has 12 rings (SSSR count). The highest BCUT2D eigenvalue weighted by Gasteiger charge is 2.23. The van der Waals surface area contributed by atoms with E-state index < -0.39 is 0 Å². The van der Waals surface area contributed by atoms with Gasteiger partial charge < -0.3 is 14.0 Å². The number of aromatic nitrogens is 2. The number of para-hydroxylation sites is 3. The van der Waals surface area contributed by atoms with Crippen LogP contribution in [0.25, 0.3) is 85.9 Å². The maximum absolute atomic E-state index is 11.1. The number of thiophene rings is 1. The fourth-order valence-corrected chi connectivity index (χ4v) is 10.5. The summed E-state index contributed by atoms with van der Waals surface area (Å²) >= 11 is 1.80. The molecule has 0 fully saturated rings. The summed E-state index contributed by atoms with van der Waals surface area (Å²) in [5.41, 5.74) is 9.31. The summed E-state index contributed by atoms with van der Waals surface area (Å²) in [5.74, 6) is 0. The number of rotatable bonds is 5. The zero-order valence-corrected chi connectivity index (χ0v) is 32.9. The molecule has 0 aliphatic carbocycles. The minimum Gasteiger partial charge on any atom is -0.310 e. The SMILES string of the molecule is N#Cc1cc(-n2c3ccc(N(c4ccccc4)c4ccccc4)cc3c3c4ccccc4ccc32)c(C#N)cc1-n1c2ccccc2c2cc3sc4ccccc4c3cc21. The van der Waals surface area contributed by atoms with Crippen LogP contribution in [0.2, 0.25) is 0 Å². The molecular weight excluding hydrogens is 751 g/mol. The monoisotopic (exact) mass is 781 g/mol. The third-order valence-electron chi connectivity index (χ3n) is 11.9. The summed E-state index contributed by atoms with van der Waals surface area (Å²) in [6, 6.07) is 70.5. The van der Waals surface area contributed by atoms with Gasteiger partial charge in [-0.1, -0.05) is 103 Å². The van der Waals surface area contributed by atoms with Crippen LogP contribution in [0.3, 0.4) is 0 Å². The van der Waals surface area contributed by atoms with Crippen LogP contribution in [-0.2, 0) is 0 Å². The van der Waals surface area contributed by atoms with Gasteiger partial charge in [-0.3, -0.25) is 0 Å². The molecule has 5 nitrogen and oxygen atoms in total. The Balaban J connectivity index is 1.13. The topological polar surface area (TPSA) is 60.7 Å². The van der Waals surface area contributed by atoms with Crippen molar-refractivity contribution in [2.24, 2.45) is 0 Å². The molecule has 278 valence electrons. The van der Waals surface area contributed by atoms with Gasteiger partial charge in [-0.2, -0.15) is 10.5 Å². The lowest BCUT2D eigenvalue weighted by atomic mass is 10.0. The van der Waals surface area contributed by atoms with E-state index >= 15 is 0 Å². The van der Waals surface area contributed by atoms with E-state index in [1.165, 1.54) is 20.2 Å². The Morgan fingerprint density at radius 2 is 0.967 bits per heavy atom. The lowest BCUT2D eigenvalue weighted by Gasteiger charge is -2.25. The van der Waals surface area contributed by atoms with E-state index in [0.717, 1.165) is 71.4 Å². The molecule has 0 spiro atoms. The number of nitrogens with zero attached hydrogens (tertiary/aromatic N) is 5. The molecule has 0 amide bonds. The normalized spacial score (nSPS) is 11.6. The summed E-state index contributed by atoms with van der Waals surface area (Å²) < 4.78 is 6.81. The Kier molecular flexibility index (Phi) is 7.46. The van der Waals surface area contributed by atoms with Crippen molar-refractivity contribution in [2.75, 3.05) is 4.90 Å². The molecule has 3 aromatic heterocycles. The summed E-state index contributed by atoms with van der Waals surface area (Å²) in [6.07, 6.45) is 0. The van der Waals surface area contributed by atoms with Gasteiger partial charge in [0.1, 0.15) is 12.1 Å². The minimum absolute atomic E-state index is 0.475. The third-order valence-corrected chi connectivity index (χ3v) is 13.1. The molecule has 6 heteroatoms. The van der Waals surface area contributed by atoms with Crippen molar-refractivity contribution in [1.29, 1.82) is 10.5 Å². The van der Waals surface area contributed by atoms with Crippen molar-refractivity contribution in [1.82, 2.24) is 9.13 Å². The van der Waals surface area contributed by atoms with Crippen molar-refractivity contribution >= 4 is 103 Å². The molecule has 0 aliphatic heterocycles. The van der Waals surface area contributed by atoms with Crippen LogP contribution in [0.5, 0.6) is 0 Å². The number of nitriles is 2. The van der Waals surface area contributed by atoms with Crippen LogP contribution in [0.4, 0.5) is 17.1 Å². The molecule has 0 saturated heterocycles. The van der Waals surface area contributed by atoms with Crippen LogP contribution in [-0.4, -0.2) is 9.13 Å². The van der Waals surface area contributed by atoms with E-state index in [1.54, 1.807) is 11.3 Å².